The average Bonchev–Trinajstić information content (AvgIpc) is 1.60. The number of ether oxygens (including phenoxy) is 1. The summed E-state index contributed by atoms with van der Waals surface area (Å²) in [6, 6.07) is 89.6. The van der Waals surface area contributed by atoms with Gasteiger partial charge in [0.1, 0.15) is 34.2 Å². The Morgan fingerprint density at radius 2 is 0.918 bits per heavy atom. The Labute approximate surface area is 867 Å². The predicted octanol–water partition coefficient (Wildman–Crippen LogP) is 29.4. The van der Waals surface area contributed by atoms with Crippen LogP contribution in [0.1, 0.15) is 255 Å². The molecule has 0 amide bonds. The highest BCUT2D eigenvalue weighted by atomic mass is 19.1. The first-order chi connectivity index (χ1) is 70.2. The van der Waals surface area contributed by atoms with E-state index in [1.807, 2.05) is 186 Å². The van der Waals surface area contributed by atoms with Gasteiger partial charge in [-0.25, -0.2) is 14.1 Å². The van der Waals surface area contributed by atoms with Gasteiger partial charge in [-0.1, -0.05) is 245 Å². The van der Waals surface area contributed by atoms with Crippen molar-refractivity contribution in [3.8, 4) is 23.2 Å². The van der Waals surface area contributed by atoms with Gasteiger partial charge < -0.3 is 13.9 Å². The topological polar surface area (TPSA) is 206 Å². The van der Waals surface area contributed by atoms with Crippen molar-refractivity contribution >= 4 is 65.8 Å². The normalized spacial score (nSPS) is 15.4. The zero-order valence-corrected chi connectivity index (χ0v) is 91.0. The molecule has 4 atom stereocenters. The SMILES string of the molecule is CC(C)N1CC2C=CC=CC2C1.CC(C)N1CCC2C=CC=CC21.CC(C)N1CCc2ccccc2C1.CC(C)c1ccccc1.CC(C)n1cc(C#N)c2ccccc21.CC(C)n1cc2ccccc2n1.CC(C)n1cnc2ccccc21.CC(C)n1nc2ccccc2n1.CC(C)n1ncc2ccccc21.CC(C)n1nnc(-c2ccc(F)cc2)n1.CC(C)n1nnc2ccccc21.COc1ccccc1C(C)C. The van der Waals surface area contributed by atoms with Gasteiger partial charge in [0.2, 0.25) is 5.82 Å². The fourth-order valence-corrected chi connectivity index (χ4v) is 17.7. The van der Waals surface area contributed by atoms with Crippen molar-refractivity contribution in [2.75, 3.05) is 33.3 Å². The van der Waals surface area contributed by atoms with Crippen LogP contribution < -0.4 is 4.74 Å². The third-order valence-corrected chi connectivity index (χ3v) is 26.1. The van der Waals surface area contributed by atoms with Crippen LogP contribution in [0, 0.1) is 34.9 Å². The van der Waals surface area contributed by atoms with Crippen molar-refractivity contribution in [3.05, 3.63) is 356 Å². The Morgan fingerprint density at radius 1 is 0.390 bits per heavy atom. The number of hydrogen-bond donors (Lipinski definition) is 0. The first-order valence-corrected chi connectivity index (χ1v) is 52.3. The van der Waals surface area contributed by atoms with E-state index in [1.54, 1.807) is 29.6 Å². The number of tetrazole rings is 1. The van der Waals surface area contributed by atoms with Crippen LogP contribution in [-0.2, 0) is 13.0 Å². The summed E-state index contributed by atoms with van der Waals surface area (Å²) in [4.78, 5) is 15.3. The Bertz CT molecular complexity index is 6560. The fraction of sp³-hybridized carbons (Fsp3) is 0.390. The molecule has 2 saturated heterocycles. The van der Waals surface area contributed by atoms with Crippen LogP contribution in [0.25, 0.3) is 77.2 Å². The molecule has 768 valence electrons. The lowest BCUT2D eigenvalue weighted by molar-refractivity contribution is 0.203. The molecule has 23 heteroatoms. The number of halogens is 1. The summed E-state index contributed by atoms with van der Waals surface area (Å²) < 4.78 is 28.1. The van der Waals surface area contributed by atoms with Gasteiger partial charge in [0.15, 0.2) is 0 Å². The van der Waals surface area contributed by atoms with Crippen LogP contribution in [0.4, 0.5) is 4.39 Å². The van der Waals surface area contributed by atoms with Crippen LogP contribution in [-0.4, -0.2) is 156 Å². The van der Waals surface area contributed by atoms with Crippen molar-refractivity contribution in [1.29, 1.82) is 5.26 Å². The molecule has 0 saturated carbocycles. The van der Waals surface area contributed by atoms with E-state index in [1.165, 1.54) is 94.4 Å². The average molecular weight is 1970 g/mol. The van der Waals surface area contributed by atoms with E-state index in [0.29, 0.717) is 78.1 Å². The number of rotatable bonds is 14. The van der Waals surface area contributed by atoms with E-state index in [4.69, 9.17) is 10.00 Å². The van der Waals surface area contributed by atoms with Gasteiger partial charge in [0.05, 0.1) is 64.9 Å². The van der Waals surface area contributed by atoms with E-state index in [2.05, 4.69) is 373 Å². The highest BCUT2D eigenvalue weighted by Gasteiger charge is 2.34. The van der Waals surface area contributed by atoms with Gasteiger partial charge in [-0.3, -0.25) is 24.1 Å². The zero-order valence-electron chi connectivity index (χ0n) is 91.0. The second-order valence-electron chi connectivity index (χ2n) is 40.9. The minimum absolute atomic E-state index is 0.173. The van der Waals surface area contributed by atoms with Gasteiger partial charge in [0.25, 0.3) is 0 Å². The van der Waals surface area contributed by atoms with Crippen molar-refractivity contribution in [3.63, 3.8) is 0 Å². The quantitative estimate of drug-likeness (QED) is 0.0992. The zero-order chi connectivity index (χ0) is 105. The van der Waals surface area contributed by atoms with E-state index >= 15 is 0 Å². The number of hydrogen-bond acceptors (Lipinski definition) is 15. The molecule has 0 bridgehead atoms. The molecule has 0 N–H and O–H groups in total. The predicted molar refractivity (Wildman–Crippen MR) is 604 cm³/mol. The Hall–Kier alpha value is -13.9. The Kier molecular flexibility index (Phi) is 43.1. The molecule has 22 nitrogen and oxygen atoms in total. The third kappa shape index (κ3) is 32.0. The number of allylic oxidation sites excluding steroid dienone is 4. The van der Waals surface area contributed by atoms with Crippen LogP contribution >= 0.6 is 0 Å². The number of likely N-dealkylation sites (tertiary alicyclic amines) is 2. The summed E-state index contributed by atoms with van der Waals surface area (Å²) in [5.41, 5.74) is 17.0. The number of benzene rings is 10. The monoisotopic (exact) mass is 1960 g/mol. The van der Waals surface area contributed by atoms with Crippen molar-refractivity contribution in [2.45, 2.75) is 264 Å². The van der Waals surface area contributed by atoms with Gasteiger partial charge in [-0.05, 0) is 300 Å². The van der Waals surface area contributed by atoms with E-state index in [-0.39, 0.29) is 11.9 Å². The lowest BCUT2D eigenvalue weighted by Gasteiger charge is -2.31. The molecule has 2 fully saturated rings. The molecule has 146 heavy (non-hydrogen) atoms. The summed E-state index contributed by atoms with van der Waals surface area (Å²) in [5.74, 6) is 4.80. The number of aromatic nitrogens is 17. The molecule has 10 heterocycles. The molecule has 2 aliphatic carbocycles. The number of para-hydroxylation sites is 6. The van der Waals surface area contributed by atoms with Gasteiger partial charge >= 0.3 is 0 Å². The standard InChI is InChI=1S/C12H12N2.C12H17N.2C11H17N.C10H11FN4.3C10H12N2.C10H14O.2C9H11N3.C9H12/c1-9(2)14-8-10(7-13)11-5-3-4-6-12(11)14;1-10(2)13-8-7-11-5-3-4-6-12(11)9-13;1-9(2)12-7-10-5-3-4-6-11(10)8-12;1-9(2)12-8-7-10-5-3-4-6-11(10)12;1-7(2)15-13-10(12-14-15)8-3-5-9(11)6-4-8;1-8(2)12-7-11-9-5-3-4-6-10(9)12;1-8(2)12-7-9-5-3-4-6-10(9)11-12;1-8(2)12-10-6-4-3-5-9(10)7-11-12;1-8(2)9-6-4-5-7-10(9)11-3;1-7(2)12-9-6-4-3-5-8(9)10-11-12;1-7(2)12-10-8-5-3-4-6-9(8)11-12;1-8(2)9-6-4-3-5-7-9/h3-6,8-9H,1-2H3;3-6,10H,7-9H2,1-2H3;2*3-6,9-11H,7-8H2,1-2H3;3-7H,1-2H3;3*3-8H,1-2H3;4-8H,1-3H3;2*3-7H,1-2H3;3-8H,1-2H3. The maximum Gasteiger partial charge on any atom is 0.204 e. The fourth-order valence-electron chi connectivity index (χ4n) is 17.7. The second-order valence-corrected chi connectivity index (χ2v) is 40.9. The third-order valence-electron chi connectivity index (χ3n) is 26.1. The van der Waals surface area contributed by atoms with Gasteiger partial charge in [0, 0.05) is 120 Å². The van der Waals surface area contributed by atoms with Crippen LogP contribution in [0.5, 0.6) is 5.75 Å². The summed E-state index contributed by atoms with van der Waals surface area (Å²) in [5, 5.41) is 49.9. The highest BCUT2D eigenvalue weighted by molar-refractivity contribution is 5.86. The molecule has 4 unspecified atom stereocenters. The molecule has 5 aliphatic rings. The number of imidazole rings is 1. The number of nitrogens with zero attached hydrogens (tertiary/aromatic N) is 21. The minimum atomic E-state index is -0.269. The highest BCUT2D eigenvalue weighted by Crippen LogP contribution is 2.34. The summed E-state index contributed by atoms with van der Waals surface area (Å²) in [6.45, 7) is 57.9. The van der Waals surface area contributed by atoms with Crippen LogP contribution in [0.15, 0.2) is 322 Å². The Morgan fingerprint density at radius 3 is 1.47 bits per heavy atom. The lowest BCUT2D eigenvalue weighted by atomic mass is 9.92. The molecule has 0 spiro atoms. The molecule has 10 aromatic carbocycles. The molecular formula is C123H158FN21O. The first-order valence-electron chi connectivity index (χ1n) is 52.3. The van der Waals surface area contributed by atoms with Crippen molar-refractivity contribution in [1.82, 2.24) is 98.6 Å². The van der Waals surface area contributed by atoms with Crippen molar-refractivity contribution < 1.29 is 9.13 Å². The maximum atomic E-state index is 12.7. The lowest BCUT2D eigenvalue weighted by Crippen LogP contribution is -2.36. The number of fused-ring (bicyclic) bond motifs is 9. The minimum Gasteiger partial charge on any atom is -0.496 e. The second kappa shape index (κ2) is 56.0. The van der Waals surface area contributed by atoms with E-state index in [9.17, 15) is 4.39 Å². The molecule has 7 aromatic heterocycles. The summed E-state index contributed by atoms with van der Waals surface area (Å²) >= 11 is 0. The van der Waals surface area contributed by atoms with Crippen molar-refractivity contribution in [2.24, 2.45) is 17.8 Å². The van der Waals surface area contributed by atoms with Crippen LogP contribution in [0.2, 0.25) is 0 Å². The molecular weight excluding hydrogens is 1810 g/mol. The number of methoxy groups -OCH3 is 1. The largest absolute Gasteiger partial charge is 0.496 e. The maximum absolute atomic E-state index is 12.7. The molecule has 17 aromatic rings. The molecule has 22 rings (SSSR count). The summed E-state index contributed by atoms with van der Waals surface area (Å²) in [7, 11) is 1.71. The van der Waals surface area contributed by atoms with Gasteiger partial charge in [-0.15, -0.1) is 15.3 Å². The van der Waals surface area contributed by atoms with E-state index in [0.717, 1.165) is 85.2 Å². The molecule has 3 aliphatic heterocycles. The first kappa shape index (κ1) is 112. The van der Waals surface area contributed by atoms with E-state index < -0.39 is 0 Å². The van der Waals surface area contributed by atoms with Gasteiger partial charge in [-0.2, -0.15) is 35.2 Å². The van der Waals surface area contributed by atoms with Crippen LogP contribution in [0.3, 0.4) is 0 Å². The summed E-state index contributed by atoms with van der Waals surface area (Å²) in [6.07, 6.45) is 28.5. The Balaban J connectivity index is 0.000000152. The number of nitriles is 1. The molecule has 0 radical (unpaired) electrons. The smallest absolute Gasteiger partial charge is 0.204 e.